The first kappa shape index (κ1) is 19.9. The van der Waals surface area contributed by atoms with Gasteiger partial charge in [-0.15, -0.1) is 0 Å². The number of benzene rings is 2. The van der Waals surface area contributed by atoms with Crippen LogP contribution in [0.5, 0.6) is 0 Å². The Morgan fingerprint density at radius 3 is 2.42 bits per heavy atom. The summed E-state index contributed by atoms with van der Waals surface area (Å²) in [7, 11) is -3.95. The average Bonchev–Trinajstić information content (AvgIpc) is 2.61. The molecule has 9 heteroatoms. The maximum atomic E-state index is 12.2. The van der Waals surface area contributed by atoms with Crippen LogP contribution < -0.4 is 10.0 Å². The number of carbonyl (C=O) groups is 2. The summed E-state index contributed by atoms with van der Waals surface area (Å²) in [6, 6.07) is 12.2. The number of carbonyl (C=O) groups excluding carboxylic acids is 2. The van der Waals surface area contributed by atoms with Gasteiger partial charge in [-0.3, -0.25) is 4.79 Å². The van der Waals surface area contributed by atoms with Crippen LogP contribution in [0.15, 0.2) is 53.4 Å². The normalized spacial score (nSPS) is 11.0. The third-order valence-corrected chi connectivity index (χ3v) is 5.15. The molecule has 0 atom stereocenters. The molecule has 26 heavy (non-hydrogen) atoms. The third-order valence-electron chi connectivity index (χ3n) is 3.25. The standard InChI is InChI=1S/C17H17ClN2O5S/c1-2-25-17(22)12-7-3-5-9-14(12)20-16(21)11-19-26(23,24)15-10-6-4-8-13(15)18/h3-10,19H,2,11H2,1H3,(H,20,21). The smallest absolute Gasteiger partial charge is 0.340 e. The lowest BCUT2D eigenvalue weighted by atomic mass is 10.2. The molecule has 0 heterocycles. The average molecular weight is 397 g/mol. The zero-order valence-corrected chi connectivity index (χ0v) is 15.4. The highest BCUT2D eigenvalue weighted by Gasteiger charge is 2.19. The van der Waals surface area contributed by atoms with Gasteiger partial charge in [0.2, 0.25) is 15.9 Å². The van der Waals surface area contributed by atoms with Crippen LogP contribution in [0.1, 0.15) is 17.3 Å². The van der Waals surface area contributed by atoms with Gasteiger partial charge < -0.3 is 10.1 Å². The van der Waals surface area contributed by atoms with Crippen LogP contribution in [0.25, 0.3) is 0 Å². The van der Waals surface area contributed by atoms with Crippen molar-refractivity contribution in [3.05, 3.63) is 59.1 Å². The molecule has 0 unspecified atom stereocenters. The Kier molecular flexibility index (Phi) is 6.73. The van der Waals surface area contributed by atoms with E-state index >= 15 is 0 Å². The molecule has 1 amide bonds. The van der Waals surface area contributed by atoms with E-state index < -0.39 is 28.4 Å². The number of hydrogen-bond acceptors (Lipinski definition) is 5. The molecule has 0 saturated carbocycles. The highest BCUT2D eigenvalue weighted by molar-refractivity contribution is 7.89. The van der Waals surface area contributed by atoms with Gasteiger partial charge in [0, 0.05) is 0 Å². The van der Waals surface area contributed by atoms with E-state index in [0.717, 1.165) is 0 Å². The van der Waals surface area contributed by atoms with Crippen molar-refractivity contribution in [1.82, 2.24) is 4.72 Å². The number of rotatable bonds is 7. The van der Waals surface area contributed by atoms with Gasteiger partial charge in [0.15, 0.2) is 0 Å². The summed E-state index contributed by atoms with van der Waals surface area (Å²) in [4.78, 5) is 23.8. The molecule has 0 bridgehead atoms. The van der Waals surface area contributed by atoms with Crippen LogP contribution >= 0.6 is 11.6 Å². The van der Waals surface area contributed by atoms with Crippen molar-refractivity contribution in [2.75, 3.05) is 18.5 Å². The van der Waals surface area contributed by atoms with Gasteiger partial charge in [0.25, 0.3) is 0 Å². The number of esters is 1. The van der Waals surface area contributed by atoms with E-state index in [1.807, 2.05) is 0 Å². The van der Waals surface area contributed by atoms with Crippen LogP contribution in [-0.2, 0) is 19.6 Å². The van der Waals surface area contributed by atoms with Gasteiger partial charge in [-0.05, 0) is 31.2 Å². The highest BCUT2D eigenvalue weighted by atomic mass is 35.5. The summed E-state index contributed by atoms with van der Waals surface area (Å²) < 4.78 is 31.5. The largest absolute Gasteiger partial charge is 0.462 e. The molecule has 7 nitrogen and oxygen atoms in total. The monoisotopic (exact) mass is 396 g/mol. The Hall–Kier alpha value is -2.42. The van der Waals surface area contributed by atoms with E-state index in [1.165, 1.54) is 30.3 Å². The molecule has 0 spiro atoms. The molecule has 0 radical (unpaired) electrons. The molecule has 0 aliphatic heterocycles. The molecule has 2 aromatic rings. The van der Waals surface area contributed by atoms with E-state index in [2.05, 4.69) is 10.0 Å². The molecule has 2 aromatic carbocycles. The maximum Gasteiger partial charge on any atom is 0.340 e. The van der Waals surface area contributed by atoms with Crippen molar-refractivity contribution in [2.45, 2.75) is 11.8 Å². The number of sulfonamides is 1. The van der Waals surface area contributed by atoms with E-state index in [4.69, 9.17) is 16.3 Å². The Labute approximate surface area is 156 Å². The SMILES string of the molecule is CCOC(=O)c1ccccc1NC(=O)CNS(=O)(=O)c1ccccc1Cl. The minimum absolute atomic E-state index is 0.0491. The summed E-state index contributed by atoms with van der Waals surface area (Å²) in [6.07, 6.45) is 0. The number of amides is 1. The fourth-order valence-corrected chi connectivity index (χ4v) is 3.57. The molecular weight excluding hydrogens is 380 g/mol. The second-order valence-corrected chi connectivity index (χ2v) is 7.21. The summed E-state index contributed by atoms with van der Waals surface area (Å²) in [5.74, 6) is -1.22. The van der Waals surface area contributed by atoms with Crippen molar-refractivity contribution in [3.63, 3.8) is 0 Å². The molecule has 0 aromatic heterocycles. The van der Waals surface area contributed by atoms with E-state index in [9.17, 15) is 18.0 Å². The van der Waals surface area contributed by atoms with Crippen LogP contribution in [0.2, 0.25) is 5.02 Å². The molecule has 0 saturated heterocycles. The first-order valence-corrected chi connectivity index (χ1v) is 9.51. The highest BCUT2D eigenvalue weighted by Crippen LogP contribution is 2.20. The first-order chi connectivity index (χ1) is 12.3. The van der Waals surface area contributed by atoms with Crippen molar-refractivity contribution >= 4 is 39.2 Å². The summed E-state index contributed by atoms with van der Waals surface area (Å²) >= 11 is 5.87. The lowest BCUT2D eigenvalue weighted by Gasteiger charge is -2.11. The lowest BCUT2D eigenvalue weighted by molar-refractivity contribution is -0.115. The second-order valence-electron chi connectivity index (χ2n) is 5.07. The number of ether oxygens (including phenoxy) is 1. The quantitative estimate of drug-likeness (QED) is 0.700. The molecule has 2 N–H and O–H groups in total. The van der Waals surface area contributed by atoms with Crippen LogP contribution in [0.3, 0.4) is 0 Å². The Bertz CT molecular complexity index is 915. The van der Waals surface area contributed by atoms with Crippen molar-refractivity contribution in [1.29, 1.82) is 0 Å². The van der Waals surface area contributed by atoms with Crippen LogP contribution in [0, 0.1) is 0 Å². The number of nitrogens with one attached hydrogen (secondary N) is 2. The molecule has 0 aliphatic carbocycles. The number of hydrogen-bond donors (Lipinski definition) is 2. The zero-order valence-electron chi connectivity index (χ0n) is 13.9. The lowest BCUT2D eigenvalue weighted by Crippen LogP contribution is -2.33. The Morgan fingerprint density at radius 1 is 1.08 bits per heavy atom. The van der Waals surface area contributed by atoms with E-state index in [-0.39, 0.29) is 27.8 Å². The predicted octanol–water partition coefficient (Wildman–Crippen LogP) is 2.43. The maximum absolute atomic E-state index is 12.2. The van der Waals surface area contributed by atoms with Crippen molar-refractivity contribution in [3.8, 4) is 0 Å². The fourth-order valence-electron chi connectivity index (χ4n) is 2.07. The number of para-hydroxylation sites is 1. The molecule has 0 fully saturated rings. The number of anilines is 1. The molecule has 138 valence electrons. The fraction of sp³-hybridized carbons (Fsp3) is 0.176. The van der Waals surface area contributed by atoms with Gasteiger partial charge in [0.05, 0.1) is 29.4 Å². The summed E-state index contributed by atoms with van der Waals surface area (Å²) in [5, 5.41) is 2.54. The Morgan fingerprint density at radius 2 is 1.73 bits per heavy atom. The molecule has 2 rings (SSSR count). The number of halogens is 1. The van der Waals surface area contributed by atoms with Gasteiger partial charge in [0.1, 0.15) is 4.90 Å². The molecule has 0 aliphatic rings. The minimum Gasteiger partial charge on any atom is -0.462 e. The van der Waals surface area contributed by atoms with Gasteiger partial charge in [-0.25, -0.2) is 17.9 Å². The third kappa shape index (κ3) is 5.04. The first-order valence-electron chi connectivity index (χ1n) is 7.65. The van der Waals surface area contributed by atoms with Gasteiger partial charge in [-0.2, -0.15) is 0 Å². The van der Waals surface area contributed by atoms with Crippen LogP contribution in [-0.4, -0.2) is 33.4 Å². The summed E-state index contributed by atoms with van der Waals surface area (Å²) in [6.45, 7) is 1.34. The topological polar surface area (TPSA) is 102 Å². The van der Waals surface area contributed by atoms with Gasteiger partial charge in [-0.1, -0.05) is 35.9 Å². The van der Waals surface area contributed by atoms with E-state index in [0.29, 0.717) is 0 Å². The summed E-state index contributed by atoms with van der Waals surface area (Å²) in [5.41, 5.74) is 0.407. The van der Waals surface area contributed by atoms with E-state index in [1.54, 1.807) is 25.1 Å². The van der Waals surface area contributed by atoms with Gasteiger partial charge >= 0.3 is 5.97 Å². The predicted molar refractivity (Wildman–Crippen MR) is 97.7 cm³/mol. The zero-order chi connectivity index (χ0) is 19.2. The molecular formula is C17H17ClN2O5S. The minimum atomic E-state index is -3.95. The van der Waals surface area contributed by atoms with Crippen LogP contribution in [0.4, 0.5) is 5.69 Å². The van der Waals surface area contributed by atoms with Crippen molar-refractivity contribution in [2.24, 2.45) is 0 Å². The van der Waals surface area contributed by atoms with Crippen molar-refractivity contribution < 1.29 is 22.7 Å². The Balaban J connectivity index is 2.06. The second kappa shape index (κ2) is 8.79.